The lowest BCUT2D eigenvalue weighted by atomic mass is 10.1. The van der Waals surface area contributed by atoms with Crippen LogP contribution in [0, 0.1) is 5.82 Å². The quantitative estimate of drug-likeness (QED) is 0.791. The molecule has 82 valence electrons. The molecule has 0 aromatic heterocycles. The van der Waals surface area contributed by atoms with Crippen molar-refractivity contribution in [3.05, 3.63) is 29.6 Å². The molecule has 1 aromatic rings. The molecule has 3 nitrogen and oxygen atoms in total. The maximum absolute atomic E-state index is 13.3. The molecule has 0 saturated carbocycles. The molecule has 0 unspecified atom stereocenters. The molecule has 0 aliphatic heterocycles. The molecule has 0 saturated heterocycles. The number of halogens is 1. The van der Waals surface area contributed by atoms with Crippen molar-refractivity contribution >= 4 is 11.6 Å². The molecule has 2 N–H and O–H groups in total. The van der Waals surface area contributed by atoms with Gasteiger partial charge in [-0.3, -0.25) is 4.79 Å². The third-order valence-electron chi connectivity index (χ3n) is 2.06. The topological polar surface area (TPSA) is 41.1 Å². The Kier molecular flexibility index (Phi) is 4.24. The smallest absolute Gasteiger partial charge is 0.238 e. The van der Waals surface area contributed by atoms with Gasteiger partial charge in [0.1, 0.15) is 5.82 Å². The van der Waals surface area contributed by atoms with Gasteiger partial charge in [0.05, 0.1) is 6.54 Å². The number of aryl methyl sites for hydroxylation is 1. The van der Waals surface area contributed by atoms with E-state index in [4.69, 9.17) is 0 Å². The van der Waals surface area contributed by atoms with Crippen LogP contribution >= 0.6 is 0 Å². The highest BCUT2D eigenvalue weighted by Gasteiger charge is 2.04. The summed E-state index contributed by atoms with van der Waals surface area (Å²) in [5.74, 6) is -0.457. The third kappa shape index (κ3) is 3.32. The monoisotopic (exact) mass is 210 g/mol. The molecule has 0 aliphatic carbocycles. The van der Waals surface area contributed by atoms with Gasteiger partial charge in [-0.1, -0.05) is 13.0 Å². The zero-order valence-corrected chi connectivity index (χ0v) is 8.93. The lowest BCUT2D eigenvalue weighted by Crippen LogP contribution is -2.25. The van der Waals surface area contributed by atoms with Crippen molar-refractivity contribution in [2.45, 2.75) is 13.3 Å². The predicted octanol–water partition coefficient (Wildman–Crippen LogP) is 1.55. The van der Waals surface area contributed by atoms with E-state index < -0.39 is 0 Å². The van der Waals surface area contributed by atoms with E-state index in [1.165, 1.54) is 6.07 Å². The summed E-state index contributed by atoms with van der Waals surface area (Å²) in [6.07, 6.45) is 0.649. The molecule has 0 heterocycles. The average molecular weight is 210 g/mol. The molecular weight excluding hydrogens is 195 g/mol. The van der Waals surface area contributed by atoms with Gasteiger partial charge >= 0.3 is 0 Å². The number of rotatable bonds is 4. The van der Waals surface area contributed by atoms with Gasteiger partial charge in [-0.2, -0.15) is 0 Å². The second kappa shape index (κ2) is 5.46. The van der Waals surface area contributed by atoms with Crippen molar-refractivity contribution in [2.75, 3.05) is 18.9 Å². The Morgan fingerprint density at radius 1 is 1.47 bits per heavy atom. The zero-order valence-electron chi connectivity index (χ0n) is 8.93. The van der Waals surface area contributed by atoms with E-state index >= 15 is 0 Å². The van der Waals surface area contributed by atoms with E-state index in [-0.39, 0.29) is 18.3 Å². The molecule has 15 heavy (non-hydrogen) atoms. The molecule has 0 fully saturated rings. The summed E-state index contributed by atoms with van der Waals surface area (Å²) >= 11 is 0. The largest absolute Gasteiger partial charge is 0.325 e. The second-order valence-electron chi connectivity index (χ2n) is 3.24. The number of amides is 1. The van der Waals surface area contributed by atoms with Crippen LogP contribution in [0.4, 0.5) is 10.1 Å². The molecule has 0 spiro atoms. The maximum Gasteiger partial charge on any atom is 0.238 e. The van der Waals surface area contributed by atoms with Gasteiger partial charge in [0.2, 0.25) is 5.91 Å². The van der Waals surface area contributed by atoms with Crippen LogP contribution in [-0.4, -0.2) is 19.5 Å². The highest BCUT2D eigenvalue weighted by atomic mass is 19.1. The van der Waals surface area contributed by atoms with E-state index in [1.54, 1.807) is 19.2 Å². The predicted molar refractivity (Wildman–Crippen MR) is 58.3 cm³/mol. The minimum Gasteiger partial charge on any atom is -0.325 e. The van der Waals surface area contributed by atoms with Gasteiger partial charge in [-0.15, -0.1) is 0 Å². The Morgan fingerprint density at radius 2 is 2.20 bits per heavy atom. The fourth-order valence-electron chi connectivity index (χ4n) is 1.28. The van der Waals surface area contributed by atoms with Crippen LogP contribution in [0.15, 0.2) is 18.2 Å². The summed E-state index contributed by atoms with van der Waals surface area (Å²) in [5, 5.41) is 5.31. The Balaban J connectivity index is 2.71. The Bertz CT molecular complexity index is 352. The summed E-state index contributed by atoms with van der Waals surface area (Å²) in [4.78, 5) is 11.2. The highest BCUT2D eigenvalue weighted by molar-refractivity contribution is 5.92. The molecule has 4 heteroatoms. The van der Waals surface area contributed by atoms with E-state index in [0.717, 1.165) is 0 Å². The van der Waals surface area contributed by atoms with Gasteiger partial charge in [0, 0.05) is 5.69 Å². The summed E-state index contributed by atoms with van der Waals surface area (Å²) in [6.45, 7) is 2.11. The number of carbonyl (C=O) groups is 1. The van der Waals surface area contributed by atoms with E-state index in [9.17, 15) is 9.18 Å². The van der Waals surface area contributed by atoms with Crippen LogP contribution in [-0.2, 0) is 11.2 Å². The number of likely N-dealkylation sites (N-methyl/N-ethyl adjacent to an activating group) is 1. The molecule has 0 radical (unpaired) electrons. The molecular formula is C11H15FN2O. The van der Waals surface area contributed by atoms with Crippen molar-refractivity contribution in [1.82, 2.24) is 5.32 Å². The maximum atomic E-state index is 13.3. The molecule has 1 aromatic carbocycles. The molecule has 0 bridgehead atoms. The SMILES string of the molecule is CCc1ccc(NC(=O)CNC)cc1F. The van der Waals surface area contributed by atoms with Gasteiger partial charge in [-0.25, -0.2) is 4.39 Å². The summed E-state index contributed by atoms with van der Waals surface area (Å²) in [6, 6.07) is 4.73. The first-order valence-electron chi connectivity index (χ1n) is 4.90. The second-order valence-corrected chi connectivity index (χ2v) is 3.24. The minimum absolute atomic E-state index is 0.179. The Hall–Kier alpha value is -1.42. The van der Waals surface area contributed by atoms with Crippen molar-refractivity contribution in [3.63, 3.8) is 0 Å². The van der Waals surface area contributed by atoms with Gasteiger partial charge in [0.15, 0.2) is 0 Å². The summed E-state index contributed by atoms with van der Waals surface area (Å²) < 4.78 is 13.3. The molecule has 1 amide bonds. The number of hydrogen-bond acceptors (Lipinski definition) is 2. The fraction of sp³-hybridized carbons (Fsp3) is 0.364. The first kappa shape index (κ1) is 11.7. The number of hydrogen-bond donors (Lipinski definition) is 2. The van der Waals surface area contributed by atoms with Gasteiger partial charge < -0.3 is 10.6 Å². The van der Waals surface area contributed by atoms with Crippen LogP contribution in [0.2, 0.25) is 0 Å². The van der Waals surface area contributed by atoms with Crippen LogP contribution in [0.25, 0.3) is 0 Å². The summed E-state index contributed by atoms with van der Waals surface area (Å²) in [7, 11) is 1.68. The lowest BCUT2D eigenvalue weighted by Gasteiger charge is -2.06. The third-order valence-corrected chi connectivity index (χ3v) is 2.06. The van der Waals surface area contributed by atoms with Crippen LogP contribution < -0.4 is 10.6 Å². The van der Waals surface area contributed by atoms with Crippen molar-refractivity contribution in [3.8, 4) is 0 Å². The lowest BCUT2D eigenvalue weighted by molar-refractivity contribution is -0.115. The Morgan fingerprint density at radius 3 is 2.73 bits per heavy atom. The molecule has 0 atom stereocenters. The van der Waals surface area contributed by atoms with Gasteiger partial charge in [0.25, 0.3) is 0 Å². The molecule has 0 aliphatic rings. The normalized spacial score (nSPS) is 10.1. The average Bonchev–Trinajstić information content (AvgIpc) is 2.18. The standard InChI is InChI=1S/C11H15FN2O/c1-3-8-4-5-9(6-10(8)12)14-11(15)7-13-2/h4-6,13H,3,7H2,1-2H3,(H,14,15). The van der Waals surface area contributed by atoms with E-state index in [1.807, 2.05) is 6.92 Å². The highest BCUT2D eigenvalue weighted by Crippen LogP contribution is 2.14. The number of anilines is 1. The fourth-order valence-corrected chi connectivity index (χ4v) is 1.28. The van der Waals surface area contributed by atoms with Crippen molar-refractivity contribution in [1.29, 1.82) is 0 Å². The van der Waals surface area contributed by atoms with Crippen molar-refractivity contribution in [2.24, 2.45) is 0 Å². The van der Waals surface area contributed by atoms with Crippen LogP contribution in [0.5, 0.6) is 0 Å². The first-order valence-corrected chi connectivity index (χ1v) is 4.90. The molecule has 1 rings (SSSR count). The first-order chi connectivity index (χ1) is 7.17. The summed E-state index contributed by atoms with van der Waals surface area (Å²) in [5.41, 5.74) is 1.14. The van der Waals surface area contributed by atoms with Crippen LogP contribution in [0.1, 0.15) is 12.5 Å². The zero-order chi connectivity index (χ0) is 11.3. The minimum atomic E-state index is -0.278. The Labute approximate surface area is 88.7 Å². The van der Waals surface area contributed by atoms with Gasteiger partial charge in [-0.05, 0) is 31.2 Å². The number of benzene rings is 1. The van der Waals surface area contributed by atoms with Crippen molar-refractivity contribution < 1.29 is 9.18 Å². The van der Waals surface area contributed by atoms with E-state index in [0.29, 0.717) is 17.7 Å². The van der Waals surface area contributed by atoms with E-state index in [2.05, 4.69) is 10.6 Å². The number of nitrogens with one attached hydrogen (secondary N) is 2. The van der Waals surface area contributed by atoms with Crippen LogP contribution in [0.3, 0.4) is 0 Å². The number of carbonyl (C=O) groups excluding carboxylic acids is 1.